The molecule has 0 aliphatic carbocycles. The van der Waals surface area contributed by atoms with Crippen molar-refractivity contribution in [2.45, 2.75) is 106 Å². The number of esters is 1. The zero-order valence-corrected chi connectivity index (χ0v) is 17.1. The molecule has 0 bridgehead atoms. The van der Waals surface area contributed by atoms with E-state index in [9.17, 15) is 4.79 Å². The standard InChI is InChI=1S/C20H39NO2/c1-17(2,3)13-15(18(4,5)6)16(22)23-14-11-19(7,8)21-20(9,10)12-14/h14-15,21H,11-13H2,1-10H3. The predicted octanol–water partition coefficient (Wildman–Crippen LogP) is 4.94. The lowest BCUT2D eigenvalue weighted by Crippen LogP contribution is -2.60. The van der Waals surface area contributed by atoms with Gasteiger partial charge in [0, 0.05) is 23.9 Å². The third-order valence-corrected chi connectivity index (χ3v) is 4.58. The maximum atomic E-state index is 12.9. The molecule has 0 amide bonds. The lowest BCUT2D eigenvalue weighted by atomic mass is 9.72. The lowest BCUT2D eigenvalue weighted by molar-refractivity contribution is -0.163. The van der Waals surface area contributed by atoms with Crippen molar-refractivity contribution in [1.82, 2.24) is 5.32 Å². The summed E-state index contributed by atoms with van der Waals surface area (Å²) in [5, 5.41) is 3.64. The van der Waals surface area contributed by atoms with E-state index in [2.05, 4.69) is 74.6 Å². The van der Waals surface area contributed by atoms with Crippen LogP contribution >= 0.6 is 0 Å². The SMILES string of the molecule is CC(C)(C)CC(C(=O)OC1CC(C)(C)NC(C)(C)C1)C(C)(C)C. The minimum Gasteiger partial charge on any atom is -0.462 e. The van der Waals surface area contributed by atoms with Gasteiger partial charge in [-0.05, 0) is 44.9 Å². The molecule has 3 heteroatoms. The van der Waals surface area contributed by atoms with Crippen molar-refractivity contribution in [2.24, 2.45) is 16.7 Å². The Morgan fingerprint density at radius 2 is 1.48 bits per heavy atom. The van der Waals surface area contributed by atoms with Gasteiger partial charge in [0.1, 0.15) is 6.10 Å². The Labute approximate surface area is 143 Å². The van der Waals surface area contributed by atoms with E-state index in [1.807, 2.05) is 0 Å². The van der Waals surface area contributed by atoms with Crippen molar-refractivity contribution in [3.8, 4) is 0 Å². The highest BCUT2D eigenvalue weighted by Crippen LogP contribution is 2.38. The number of ether oxygens (including phenoxy) is 1. The molecule has 0 radical (unpaired) electrons. The van der Waals surface area contributed by atoms with Gasteiger partial charge in [-0.15, -0.1) is 0 Å². The van der Waals surface area contributed by atoms with Gasteiger partial charge in [0.25, 0.3) is 0 Å². The van der Waals surface area contributed by atoms with Crippen molar-refractivity contribution in [3.05, 3.63) is 0 Å². The van der Waals surface area contributed by atoms with Crippen LogP contribution in [0.3, 0.4) is 0 Å². The number of nitrogens with one attached hydrogen (secondary N) is 1. The highest BCUT2D eigenvalue weighted by molar-refractivity contribution is 5.73. The molecular formula is C20H39NO2. The van der Waals surface area contributed by atoms with Gasteiger partial charge >= 0.3 is 5.97 Å². The Kier molecular flexibility index (Phi) is 5.68. The minimum atomic E-state index is -0.0810. The second-order valence-corrected chi connectivity index (χ2v) is 11.0. The second-order valence-electron chi connectivity index (χ2n) is 11.0. The molecule has 0 aromatic heterocycles. The first-order valence-corrected chi connectivity index (χ1v) is 9.01. The average Bonchev–Trinajstić information content (AvgIpc) is 2.17. The first-order valence-electron chi connectivity index (χ1n) is 9.01. The molecule has 1 unspecified atom stereocenters. The summed E-state index contributed by atoms with van der Waals surface area (Å²) < 4.78 is 6.02. The van der Waals surface area contributed by atoms with Gasteiger partial charge in [-0.3, -0.25) is 4.79 Å². The topological polar surface area (TPSA) is 38.3 Å². The summed E-state index contributed by atoms with van der Waals surface area (Å²) in [5.74, 6) is -0.0884. The summed E-state index contributed by atoms with van der Waals surface area (Å²) in [5.41, 5.74) is 0.0217. The normalized spacial score (nSPS) is 23.4. The smallest absolute Gasteiger partial charge is 0.309 e. The van der Waals surface area contributed by atoms with Crippen molar-refractivity contribution in [1.29, 1.82) is 0 Å². The fourth-order valence-electron chi connectivity index (χ4n) is 3.91. The summed E-state index contributed by atoms with van der Waals surface area (Å²) in [7, 11) is 0. The van der Waals surface area contributed by atoms with Gasteiger partial charge in [0.2, 0.25) is 0 Å². The average molecular weight is 326 g/mol. The van der Waals surface area contributed by atoms with Crippen LogP contribution < -0.4 is 5.32 Å². The molecule has 1 rings (SSSR count). The second kappa shape index (κ2) is 6.38. The van der Waals surface area contributed by atoms with E-state index in [1.165, 1.54) is 0 Å². The van der Waals surface area contributed by atoms with Gasteiger partial charge in [-0.25, -0.2) is 0 Å². The van der Waals surface area contributed by atoms with E-state index in [0.29, 0.717) is 0 Å². The maximum absolute atomic E-state index is 12.9. The Morgan fingerprint density at radius 3 is 1.83 bits per heavy atom. The highest BCUT2D eigenvalue weighted by atomic mass is 16.5. The van der Waals surface area contributed by atoms with Crippen LogP contribution in [0, 0.1) is 16.7 Å². The first kappa shape index (κ1) is 20.5. The molecule has 0 spiro atoms. The van der Waals surface area contributed by atoms with Gasteiger partial charge < -0.3 is 10.1 Å². The van der Waals surface area contributed by atoms with Gasteiger partial charge in [-0.2, -0.15) is 0 Å². The Balaban J connectivity index is 2.86. The minimum absolute atomic E-state index is 0.00133. The molecule has 1 heterocycles. The number of rotatable bonds is 3. The van der Waals surface area contributed by atoms with Crippen LogP contribution in [0.1, 0.15) is 88.5 Å². The maximum Gasteiger partial charge on any atom is 0.309 e. The van der Waals surface area contributed by atoms with Crippen LogP contribution in [0.5, 0.6) is 0 Å². The van der Waals surface area contributed by atoms with Gasteiger partial charge in [0.15, 0.2) is 0 Å². The summed E-state index contributed by atoms with van der Waals surface area (Å²) in [4.78, 5) is 12.9. The van der Waals surface area contributed by atoms with Crippen LogP contribution in [0.4, 0.5) is 0 Å². The zero-order valence-electron chi connectivity index (χ0n) is 17.1. The third-order valence-electron chi connectivity index (χ3n) is 4.58. The molecule has 0 aromatic carbocycles. The number of hydrogen-bond acceptors (Lipinski definition) is 3. The van der Waals surface area contributed by atoms with Crippen molar-refractivity contribution < 1.29 is 9.53 Å². The summed E-state index contributed by atoms with van der Waals surface area (Å²) >= 11 is 0. The van der Waals surface area contributed by atoms with E-state index in [-0.39, 0.29) is 39.9 Å². The molecule has 0 aromatic rings. The number of carbonyl (C=O) groups is 1. The zero-order chi connectivity index (χ0) is 18.3. The van der Waals surface area contributed by atoms with E-state index in [1.54, 1.807) is 0 Å². The van der Waals surface area contributed by atoms with Crippen molar-refractivity contribution in [2.75, 3.05) is 0 Å². The third kappa shape index (κ3) is 6.82. The van der Waals surface area contributed by atoms with Gasteiger partial charge in [0.05, 0.1) is 5.92 Å². The quantitative estimate of drug-likeness (QED) is 0.747. The van der Waals surface area contributed by atoms with Crippen LogP contribution in [0.2, 0.25) is 0 Å². The summed E-state index contributed by atoms with van der Waals surface area (Å²) in [6.45, 7) is 21.7. The molecule has 1 aliphatic rings. The molecule has 1 N–H and O–H groups in total. The molecule has 3 nitrogen and oxygen atoms in total. The summed E-state index contributed by atoms with van der Waals surface area (Å²) in [6.07, 6.45) is 2.59. The molecular weight excluding hydrogens is 286 g/mol. The van der Waals surface area contributed by atoms with Crippen molar-refractivity contribution in [3.63, 3.8) is 0 Å². The van der Waals surface area contributed by atoms with E-state index < -0.39 is 0 Å². The molecule has 23 heavy (non-hydrogen) atoms. The lowest BCUT2D eigenvalue weighted by Gasteiger charge is -2.46. The van der Waals surface area contributed by atoms with E-state index in [0.717, 1.165) is 19.3 Å². The highest BCUT2D eigenvalue weighted by Gasteiger charge is 2.42. The molecule has 0 saturated carbocycles. The Bertz CT molecular complexity index is 408. The Morgan fingerprint density at radius 1 is 1.04 bits per heavy atom. The van der Waals surface area contributed by atoms with E-state index in [4.69, 9.17) is 4.74 Å². The molecule has 1 fully saturated rings. The van der Waals surface area contributed by atoms with Crippen LogP contribution in [-0.4, -0.2) is 23.2 Å². The van der Waals surface area contributed by atoms with Gasteiger partial charge in [-0.1, -0.05) is 41.5 Å². The molecule has 136 valence electrons. The van der Waals surface area contributed by atoms with Crippen LogP contribution in [-0.2, 0) is 9.53 Å². The van der Waals surface area contributed by atoms with Crippen LogP contribution in [0.25, 0.3) is 0 Å². The fourth-order valence-corrected chi connectivity index (χ4v) is 3.91. The molecule has 1 atom stereocenters. The predicted molar refractivity (Wildman–Crippen MR) is 97.4 cm³/mol. The number of piperidine rings is 1. The monoisotopic (exact) mass is 325 g/mol. The molecule has 1 aliphatic heterocycles. The fraction of sp³-hybridized carbons (Fsp3) is 0.950. The largest absolute Gasteiger partial charge is 0.462 e. The summed E-state index contributed by atoms with van der Waals surface area (Å²) in [6, 6.07) is 0. The molecule has 1 saturated heterocycles. The van der Waals surface area contributed by atoms with E-state index >= 15 is 0 Å². The number of carbonyl (C=O) groups excluding carboxylic acids is 1. The van der Waals surface area contributed by atoms with Crippen molar-refractivity contribution >= 4 is 5.97 Å². The Hall–Kier alpha value is -0.570. The number of hydrogen-bond donors (Lipinski definition) is 1. The van der Waals surface area contributed by atoms with Crippen LogP contribution in [0.15, 0.2) is 0 Å². The first-order chi connectivity index (χ1) is 10.0.